The minimum absolute atomic E-state index is 0.0744. The maximum Gasteiger partial charge on any atom is 0.164 e. The smallest absolute Gasteiger partial charge is 0.164 e. The molecular weight excluding hydrogens is 1150 g/mol. The van der Waals surface area contributed by atoms with E-state index in [1.54, 1.807) is 0 Å². The summed E-state index contributed by atoms with van der Waals surface area (Å²) in [6.45, 7) is 17.8. The Hall–Kier alpha value is -8.64. The van der Waals surface area contributed by atoms with Crippen LogP contribution >= 0.6 is 0 Å². The summed E-state index contributed by atoms with van der Waals surface area (Å²) >= 11 is 0. The van der Waals surface area contributed by atoms with Crippen LogP contribution in [0.1, 0.15) is 218 Å². The summed E-state index contributed by atoms with van der Waals surface area (Å²) in [6.07, 6.45) is 0.218. The van der Waals surface area contributed by atoms with Gasteiger partial charge in [0.15, 0.2) is 24.4 Å². The van der Waals surface area contributed by atoms with Crippen molar-refractivity contribution in [1.82, 2.24) is 0 Å². The molecule has 0 radical (unpaired) electrons. The van der Waals surface area contributed by atoms with Crippen LogP contribution in [0.3, 0.4) is 0 Å². The summed E-state index contributed by atoms with van der Waals surface area (Å²) in [6, 6.07) is 41.1. The molecule has 8 aromatic rings. The van der Waals surface area contributed by atoms with E-state index in [-0.39, 0.29) is 46.7 Å². The van der Waals surface area contributed by atoms with Gasteiger partial charge in [0.2, 0.25) is 0 Å². The van der Waals surface area contributed by atoms with E-state index in [9.17, 15) is 20.4 Å². The summed E-state index contributed by atoms with van der Waals surface area (Å²) in [5.41, 5.74) is 12.6. The summed E-state index contributed by atoms with van der Waals surface area (Å²) < 4.78 is 57.2. The first kappa shape index (κ1) is 57.3. The van der Waals surface area contributed by atoms with Crippen molar-refractivity contribution in [2.45, 2.75) is 179 Å². The predicted molar refractivity (Wildman–Crippen MR) is 349 cm³/mol. The zero-order chi connectivity index (χ0) is 62.9. The summed E-state index contributed by atoms with van der Waals surface area (Å²) in [5, 5.41) is 54.9. The molecule has 1 aliphatic carbocycles. The van der Waals surface area contributed by atoms with Crippen molar-refractivity contribution in [3.63, 3.8) is 0 Å². The van der Waals surface area contributed by atoms with Gasteiger partial charge in [-0.25, -0.2) is 0 Å². The number of fused-ring (bicyclic) bond motifs is 28. The minimum atomic E-state index is -0.586. The number of hydrogen-bond acceptors (Lipinski definition) is 12. The second kappa shape index (κ2) is 21.5. The highest BCUT2D eigenvalue weighted by atomic mass is 16.6. The summed E-state index contributed by atoms with van der Waals surface area (Å²) in [4.78, 5) is 0. The van der Waals surface area contributed by atoms with Crippen molar-refractivity contribution < 1.29 is 58.3 Å². The standard InChI is InChI=1S/C80H80O12/c1-37(2)25-45-49-29-53(73-57(69(49)81)33-65-77(89-73)41-17-9-13-21-61(41)85-65)46(26-38(3)4)51-31-54(74-59(71(51)83)35-67-78(90-74)42-18-10-14-22-62(42)87-67)47(27-39(5)6)52-32-56(76-60(72(52)84)36-68-80(92-76)44-20-12-16-24-64(44)88-68)48(28-40(7)8)55-30-50(45)70(82)58-34-66-79(91-75(55)58)43-19-11-15-23-63(43)86-66/h9-24,29-32,37-40,45-48,65-68,77-84H,25-28,33-36H2,1-8H3/t45-,46-,47-,48-,65+,66+,67+,68+,77+,78+,79+,80+/m1/s1. The molecule has 92 heavy (non-hydrogen) atoms. The zero-order valence-electron chi connectivity index (χ0n) is 53.5. The number of ether oxygens (including phenoxy) is 8. The Balaban J connectivity index is 0.997. The van der Waals surface area contributed by atoms with Gasteiger partial charge < -0.3 is 58.3 Å². The van der Waals surface area contributed by atoms with Gasteiger partial charge in [-0.3, -0.25) is 0 Å². The molecular formula is C80H80O12. The molecule has 4 N–H and O–H groups in total. The number of benzene rings is 8. The largest absolute Gasteiger partial charge is 0.507 e. The van der Waals surface area contributed by atoms with E-state index in [0.717, 1.165) is 73.1 Å². The highest BCUT2D eigenvalue weighted by Crippen LogP contribution is 2.63. The lowest BCUT2D eigenvalue weighted by Crippen LogP contribution is -2.33. The molecule has 8 aromatic carbocycles. The van der Waals surface area contributed by atoms with Gasteiger partial charge in [0.1, 0.15) is 93.4 Å². The third-order valence-electron chi connectivity index (χ3n) is 21.4. The average Bonchev–Trinajstić information content (AvgIpc) is 1.08. The predicted octanol–water partition coefficient (Wildman–Crippen LogP) is 17.3. The molecule has 9 aliphatic rings. The number of phenolic OH excluding ortho intramolecular Hbond substituents is 4. The monoisotopic (exact) mass is 1230 g/mol. The molecule has 12 nitrogen and oxygen atoms in total. The Labute approximate surface area is 538 Å². The summed E-state index contributed by atoms with van der Waals surface area (Å²) in [5.74, 6) is 4.21. The molecule has 0 spiro atoms. The van der Waals surface area contributed by atoms with Gasteiger partial charge in [-0.2, -0.15) is 0 Å². The lowest BCUT2D eigenvalue weighted by Gasteiger charge is -2.39. The molecule has 8 heterocycles. The molecule has 0 saturated heterocycles. The highest BCUT2D eigenvalue weighted by molar-refractivity contribution is 5.71. The molecule has 12 heteroatoms. The lowest BCUT2D eigenvalue weighted by atomic mass is 9.72. The maximum atomic E-state index is 13.8. The Morgan fingerprint density at radius 3 is 0.717 bits per heavy atom. The molecule has 0 amide bonds. The number of aromatic hydroxyl groups is 4. The van der Waals surface area contributed by atoms with Crippen molar-refractivity contribution >= 4 is 0 Å². The van der Waals surface area contributed by atoms with Crippen LogP contribution in [0, 0.1) is 23.7 Å². The van der Waals surface area contributed by atoms with Crippen molar-refractivity contribution in [1.29, 1.82) is 0 Å². The van der Waals surface area contributed by atoms with Gasteiger partial charge >= 0.3 is 0 Å². The Bertz CT molecular complexity index is 4330. The van der Waals surface area contributed by atoms with Crippen LogP contribution in [0.2, 0.25) is 0 Å². The third kappa shape index (κ3) is 8.87. The first-order valence-corrected chi connectivity index (χ1v) is 33.8. The topological polar surface area (TPSA) is 155 Å². The van der Waals surface area contributed by atoms with E-state index < -0.39 is 72.5 Å². The molecule has 472 valence electrons. The van der Waals surface area contributed by atoms with Gasteiger partial charge in [0, 0.05) is 138 Å². The van der Waals surface area contributed by atoms with Crippen molar-refractivity contribution in [3.05, 3.63) is 210 Å². The average molecular weight is 1230 g/mol. The third-order valence-corrected chi connectivity index (χ3v) is 21.4. The fraction of sp³-hybridized carbons (Fsp3) is 0.400. The van der Waals surface area contributed by atoms with Gasteiger partial charge in [0.25, 0.3) is 0 Å². The van der Waals surface area contributed by atoms with E-state index >= 15 is 0 Å². The van der Waals surface area contributed by atoms with Gasteiger partial charge in [-0.05, 0) is 97.9 Å². The quantitative estimate of drug-likeness (QED) is 0.114. The fourth-order valence-electron chi connectivity index (χ4n) is 17.5. The Morgan fingerprint density at radius 2 is 0.489 bits per heavy atom. The first-order chi connectivity index (χ1) is 44.5. The van der Waals surface area contributed by atoms with E-state index in [2.05, 4.69) is 104 Å². The van der Waals surface area contributed by atoms with Crippen LogP contribution in [0.4, 0.5) is 0 Å². The fourth-order valence-corrected chi connectivity index (χ4v) is 17.5. The van der Waals surface area contributed by atoms with Gasteiger partial charge in [0.05, 0.1) is 0 Å². The van der Waals surface area contributed by atoms with Crippen LogP contribution < -0.4 is 37.9 Å². The number of hydrogen-bond donors (Lipinski definition) is 4. The van der Waals surface area contributed by atoms with Crippen LogP contribution in [-0.2, 0) is 25.7 Å². The van der Waals surface area contributed by atoms with Crippen LogP contribution in [-0.4, -0.2) is 44.8 Å². The van der Waals surface area contributed by atoms with E-state index in [4.69, 9.17) is 37.9 Å². The summed E-state index contributed by atoms with van der Waals surface area (Å²) in [7, 11) is 0. The van der Waals surface area contributed by atoms with Crippen molar-refractivity contribution in [3.8, 4) is 69.0 Å². The highest BCUT2D eigenvalue weighted by Gasteiger charge is 2.51. The van der Waals surface area contributed by atoms with Crippen LogP contribution in [0.25, 0.3) is 0 Å². The molecule has 8 aliphatic heterocycles. The van der Waals surface area contributed by atoms with Gasteiger partial charge in [-0.15, -0.1) is 0 Å². The van der Waals surface area contributed by atoms with Crippen molar-refractivity contribution in [2.75, 3.05) is 0 Å². The van der Waals surface area contributed by atoms with Crippen molar-refractivity contribution in [2.24, 2.45) is 23.7 Å². The number of rotatable bonds is 8. The molecule has 0 fully saturated rings. The number of para-hydroxylation sites is 4. The second-order valence-electron chi connectivity index (χ2n) is 29.3. The molecule has 8 bridgehead atoms. The van der Waals surface area contributed by atoms with Gasteiger partial charge in [-0.1, -0.05) is 128 Å². The van der Waals surface area contributed by atoms with E-state index in [1.165, 1.54) is 0 Å². The molecule has 12 atom stereocenters. The van der Waals surface area contributed by atoms with E-state index in [1.807, 2.05) is 72.8 Å². The minimum Gasteiger partial charge on any atom is -0.507 e. The second-order valence-corrected chi connectivity index (χ2v) is 29.3. The Kier molecular flexibility index (Phi) is 13.4. The maximum absolute atomic E-state index is 13.8. The Morgan fingerprint density at radius 1 is 0.283 bits per heavy atom. The molecule has 0 unspecified atom stereocenters. The molecule has 0 aromatic heterocycles. The first-order valence-electron chi connectivity index (χ1n) is 33.8. The lowest BCUT2D eigenvalue weighted by molar-refractivity contribution is 0.0651. The van der Waals surface area contributed by atoms with Crippen LogP contribution in [0.5, 0.6) is 69.0 Å². The SMILES string of the molecule is CC(C)C[C@H]1c2cc(c3c(c2O)C[C@@H]2Oc4ccccc4[C@@H]2O3)[C@@H](CC(C)C)c2cc(c(O)c3c2O[C@H]2c4ccccc4O[C@H]2C3)[C@@H](CC(C)C)c2cc(c(O)c3c2O[C@H]2c4ccccc4O[C@H]2C3)[C@@H](CC(C)C)c2cc1c(O)c1c2O[C@H]2c3ccccc3O[C@H]2C1. The molecule has 17 rings (SSSR count). The van der Waals surface area contributed by atoms with E-state index in [0.29, 0.717) is 113 Å². The number of phenols is 4. The zero-order valence-corrected chi connectivity index (χ0v) is 53.5. The van der Waals surface area contributed by atoms with Crippen LogP contribution in [0.15, 0.2) is 121 Å². The molecule has 0 saturated carbocycles. The normalized spacial score (nSPS) is 25.8.